The first-order valence-electron chi connectivity index (χ1n) is 9.65. The Morgan fingerprint density at radius 3 is 2.73 bits per heavy atom. The predicted molar refractivity (Wildman–Crippen MR) is 103 cm³/mol. The molecule has 1 aliphatic carbocycles. The van der Waals surface area contributed by atoms with Crippen LogP contribution in [0.2, 0.25) is 0 Å². The van der Waals surface area contributed by atoms with Gasteiger partial charge in [0.15, 0.2) is 0 Å². The Morgan fingerprint density at radius 1 is 1.15 bits per heavy atom. The van der Waals surface area contributed by atoms with E-state index in [0.29, 0.717) is 12.5 Å². The molecule has 2 aliphatic rings. The lowest BCUT2D eigenvalue weighted by molar-refractivity contribution is 0.135. The number of anilines is 1. The zero-order chi connectivity index (χ0) is 17.8. The maximum absolute atomic E-state index is 8.95. The van der Waals surface area contributed by atoms with Gasteiger partial charge in [0.1, 0.15) is 12.1 Å². The molecule has 2 N–H and O–H groups in total. The van der Waals surface area contributed by atoms with E-state index in [1.165, 1.54) is 38.8 Å². The molecule has 6 heteroatoms. The minimum absolute atomic E-state index is 0.417. The molecule has 136 valence electrons. The van der Waals surface area contributed by atoms with Crippen molar-refractivity contribution >= 4 is 16.7 Å². The van der Waals surface area contributed by atoms with Crippen LogP contribution in [0.15, 0.2) is 24.5 Å². The number of hydrogen-bond acceptors (Lipinski definition) is 6. The average Bonchev–Trinajstić information content (AvgIpc) is 2.70. The van der Waals surface area contributed by atoms with Crippen molar-refractivity contribution in [2.24, 2.45) is 0 Å². The second-order valence-electron chi connectivity index (χ2n) is 7.34. The number of fused-ring (bicyclic) bond motifs is 1. The van der Waals surface area contributed by atoms with Crippen LogP contribution < -0.4 is 10.6 Å². The summed E-state index contributed by atoms with van der Waals surface area (Å²) in [7, 11) is 0. The van der Waals surface area contributed by atoms with Gasteiger partial charge in [0.2, 0.25) is 0 Å². The molecule has 2 fully saturated rings. The number of nitrogens with one attached hydrogen (secondary N) is 2. The highest BCUT2D eigenvalue weighted by atomic mass is 15.2. The molecular formula is C20H26N6. The molecule has 6 nitrogen and oxygen atoms in total. The molecule has 1 saturated heterocycles. The van der Waals surface area contributed by atoms with Gasteiger partial charge in [-0.3, -0.25) is 4.90 Å². The number of benzene rings is 1. The quantitative estimate of drug-likeness (QED) is 0.881. The van der Waals surface area contributed by atoms with E-state index in [1.54, 1.807) is 6.33 Å². The molecule has 0 atom stereocenters. The second-order valence-corrected chi connectivity index (χ2v) is 7.34. The van der Waals surface area contributed by atoms with Gasteiger partial charge in [-0.25, -0.2) is 9.97 Å². The Morgan fingerprint density at radius 2 is 1.96 bits per heavy atom. The molecule has 0 amide bonds. The second kappa shape index (κ2) is 7.98. The summed E-state index contributed by atoms with van der Waals surface area (Å²) in [5.74, 6) is 0.903. The summed E-state index contributed by atoms with van der Waals surface area (Å²) in [6, 6.07) is 9.42. The summed E-state index contributed by atoms with van der Waals surface area (Å²) < 4.78 is 0. The average molecular weight is 350 g/mol. The van der Waals surface area contributed by atoms with Crippen LogP contribution in [0, 0.1) is 11.3 Å². The largest absolute Gasteiger partial charge is 0.367 e. The molecule has 1 aliphatic heterocycles. The normalized spacial score (nSPS) is 24.3. The van der Waals surface area contributed by atoms with E-state index in [0.717, 1.165) is 41.4 Å². The number of rotatable bonds is 4. The Hall–Kier alpha value is -2.23. The highest BCUT2D eigenvalue weighted by molar-refractivity contribution is 5.89. The lowest BCUT2D eigenvalue weighted by Gasteiger charge is -2.39. The van der Waals surface area contributed by atoms with E-state index >= 15 is 0 Å². The van der Waals surface area contributed by atoms with Crippen molar-refractivity contribution in [3.63, 3.8) is 0 Å². The van der Waals surface area contributed by atoms with Crippen LogP contribution in [0.3, 0.4) is 0 Å². The van der Waals surface area contributed by atoms with E-state index in [1.807, 2.05) is 18.2 Å². The summed E-state index contributed by atoms with van der Waals surface area (Å²) in [6.45, 7) is 4.61. The molecule has 0 radical (unpaired) electrons. The lowest BCUT2D eigenvalue weighted by Crippen LogP contribution is -2.50. The minimum Gasteiger partial charge on any atom is -0.367 e. The molecular weight excluding hydrogens is 324 g/mol. The van der Waals surface area contributed by atoms with Gasteiger partial charge < -0.3 is 10.6 Å². The first kappa shape index (κ1) is 17.2. The monoisotopic (exact) mass is 350 g/mol. The Labute approximate surface area is 154 Å². The highest BCUT2D eigenvalue weighted by Gasteiger charge is 2.27. The fourth-order valence-corrected chi connectivity index (χ4v) is 4.25. The van der Waals surface area contributed by atoms with Gasteiger partial charge in [-0.1, -0.05) is 6.07 Å². The maximum Gasteiger partial charge on any atom is 0.137 e. The molecule has 0 bridgehead atoms. The number of piperazine rings is 1. The molecule has 2 heterocycles. The van der Waals surface area contributed by atoms with Crippen LogP contribution in [0.4, 0.5) is 5.82 Å². The molecule has 1 aromatic carbocycles. The third-order valence-electron chi connectivity index (χ3n) is 5.69. The van der Waals surface area contributed by atoms with E-state index < -0.39 is 0 Å². The zero-order valence-electron chi connectivity index (χ0n) is 15.1. The molecule has 1 saturated carbocycles. The third kappa shape index (κ3) is 3.79. The van der Waals surface area contributed by atoms with Crippen LogP contribution in [-0.2, 0) is 6.42 Å². The summed E-state index contributed by atoms with van der Waals surface area (Å²) >= 11 is 0. The Balaban J connectivity index is 1.43. The van der Waals surface area contributed by atoms with Crippen molar-refractivity contribution in [1.82, 2.24) is 20.2 Å². The first-order valence-corrected chi connectivity index (χ1v) is 9.65. The first-order chi connectivity index (χ1) is 12.8. The SMILES string of the molecule is N#CCc1ccc2ncnc(N[C@H]3CC[C@H](N4CCNCC4)CC3)c2c1. The van der Waals surface area contributed by atoms with Gasteiger partial charge in [-0.2, -0.15) is 5.26 Å². The van der Waals surface area contributed by atoms with E-state index in [9.17, 15) is 0 Å². The molecule has 26 heavy (non-hydrogen) atoms. The molecule has 0 spiro atoms. The smallest absolute Gasteiger partial charge is 0.137 e. The van der Waals surface area contributed by atoms with Crippen LogP contribution >= 0.6 is 0 Å². The van der Waals surface area contributed by atoms with E-state index in [4.69, 9.17) is 5.26 Å². The standard InChI is InChI=1S/C20H26N6/c21-8-7-15-1-6-19-18(13-15)20(24-14-23-19)25-16-2-4-17(5-3-16)26-11-9-22-10-12-26/h1,6,13-14,16-17,22H,2-5,7,9-12H2,(H,23,24,25)/t16-,17-. The Kier molecular flexibility index (Phi) is 5.28. The summed E-state index contributed by atoms with van der Waals surface area (Å²) in [6.07, 6.45) is 6.90. The summed E-state index contributed by atoms with van der Waals surface area (Å²) in [5, 5.41) is 17.1. The van der Waals surface area contributed by atoms with Gasteiger partial charge in [-0.05, 0) is 43.4 Å². The molecule has 1 aromatic heterocycles. The van der Waals surface area contributed by atoms with Crippen molar-refractivity contribution < 1.29 is 0 Å². The van der Waals surface area contributed by atoms with Gasteiger partial charge in [0.05, 0.1) is 18.0 Å². The van der Waals surface area contributed by atoms with Gasteiger partial charge >= 0.3 is 0 Å². The van der Waals surface area contributed by atoms with Gasteiger partial charge in [0.25, 0.3) is 0 Å². The molecule has 2 aromatic rings. The van der Waals surface area contributed by atoms with Gasteiger partial charge in [0, 0.05) is 43.6 Å². The van der Waals surface area contributed by atoms with Crippen LogP contribution in [0.25, 0.3) is 10.9 Å². The highest BCUT2D eigenvalue weighted by Crippen LogP contribution is 2.28. The number of nitriles is 1. The summed E-state index contributed by atoms with van der Waals surface area (Å²) in [5.41, 5.74) is 1.94. The fraction of sp³-hybridized carbons (Fsp3) is 0.550. The van der Waals surface area contributed by atoms with Crippen LogP contribution in [-0.4, -0.2) is 53.1 Å². The van der Waals surface area contributed by atoms with Crippen molar-refractivity contribution in [1.29, 1.82) is 5.26 Å². The van der Waals surface area contributed by atoms with Crippen molar-refractivity contribution in [3.8, 4) is 6.07 Å². The lowest BCUT2D eigenvalue weighted by atomic mass is 9.89. The maximum atomic E-state index is 8.95. The fourth-order valence-electron chi connectivity index (χ4n) is 4.25. The predicted octanol–water partition coefficient (Wildman–Crippen LogP) is 2.32. The van der Waals surface area contributed by atoms with E-state index in [2.05, 4.69) is 31.6 Å². The Bertz CT molecular complexity index is 784. The van der Waals surface area contributed by atoms with Crippen LogP contribution in [0.5, 0.6) is 0 Å². The molecule has 0 unspecified atom stereocenters. The third-order valence-corrected chi connectivity index (χ3v) is 5.69. The number of nitrogens with zero attached hydrogens (tertiary/aromatic N) is 4. The van der Waals surface area contributed by atoms with E-state index in [-0.39, 0.29) is 0 Å². The summed E-state index contributed by atoms with van der Waals surface area (Å²) in [4.78, 5) is 11.5. The van der Waals surface area contributed by atoms with Crippen molar-refractivity contribution in [2.75, 3.05) is 31.5 Å². The topological polar surface area (TPSA) is 76.9 Å². The molecule has 4 rings (SSSR count). The van der Waals surface area contributed by atoms with Gasteiger partial charge in [-0.15, -0.1) is 0 Å². The van der Waals surface area contributed by atoms with Crippen molar-refractivity contribution in [3.05, 3.63) is 30.1 Å². The number of aromatic nitrogens is 2. The van der Waals surface area contributed by atoms with Crippen LogP contribution in [0.1, 0.15) is 31.2 Å². The van der Waals surface area contributed by atoms with Crippen molar-refractivity contribution in [2.45, 2.75) is 44.2 Å². The number of hydrogen-bond donors (Lipinski definition) is 2. The zero-order valence-corrected chi connectivity index (χ0v) is 15.1. The minimum atomic E-state index is 0.417.